The van der Waals surface area contributed by atoms with Gasteiger partial charge in [0.15, 0.2) is 5.65 Å². The normalized spacial score (nSPS) is 17.0. The summed E-state index contributed by atoms with van der Waals surface area (Å²) in [6.07, 6.45) is 7.42. The average molecular weight is 605 g/mol. The Hall–Kier alpha value is -4.32. The molecule has 0 aromatic carbocycles. The lowest BCUT2D eigenvalue weighted by molar-refractivity contribution is -0.133. The van der Waals surface area contributed by atoms with E-state index in [1.54, 1.807) is 51.9 Å². The monoisotopic (exact) mass is 604 g/mol. The molecule has 1 atom stereocenters. The number of fused-ring (bicyclic) bond motifs is 1. The number of imidazole rings is 1. The summed E-state index contributed by atoms with van der Waals surface area (Å²) >= 11 is 5.95. The van der Waals surface area contributed by atoms with E-state index in [0.29, 0.717) is 78.0 Å². The number of carbonyl (C=O) groups excluding carboxylic acids is 2. The Kier molecular flexibility index (Phi) is 7.87. The Labute approximate surface area is 252 Å². The zero-order chi connectivity index (χ0) is 30.2. The van der Waals surface area contributed by atoms with E-state index in [9.17, 15) is 19.2 Å². The molecule has 0 spiro atoms. The summed E-state index contributed by atoms with van der Waals surface area (Å²) in [7, 11) is 1.80. The van der Waals surface area contributed by atoms with E-state index in [-0.39, 0.29) is 35.0 Å². The van der Waals surface area contributed by atoms with Crippen LogP contribution in [0.25, 0.3) is 22.6 Å². The van der Waals surface area contributed by atoms with E-state index in [0.717, 1.165) is 19.3 Å². The third-order valence-electron chi connectivity index (χ3n) is 8.17. The summed E-state index contributed by atoms with van der Waals surface area (Å²) in [5.41, 5.74) is 0.932. The number of nitrogens with one attached hydrogen (secondary N) is 1. The molecule has 1 unspecified atom stereocenters. The van der Waals surface area contributed by atoms with Crippen LogP contribution in [-0.2, 0) is 11.3 Å². The highest BCUT2D eigenvalue weighted by molar-refractivity contribution is 6.29. The van der Waals surface area contributed by atoms with Crippen molar-refractivity contribution in [1.29, 1.82) is 0 Å². The van der Waals surface area contributed by atoms with Crippen LogP contribution in [0.4, 0.5) is 5.82 Å². The summed E-state index contributed by atoms with van der Waals surface area (Å²) in [5, 5.41) is 0.292. The van der Waals surface area contributed by atoms with E-state index in [1.165, 1.54) is 10.8 Å². The van der Waals surface area contributed by atoms with Crippen LogP contribution in [0.1, 0.15) is 61.8 Å². The van der Waals surface area contributed by atoms with E-state index in [2.05, 4.69) is 19.9 Å². The van der Waals surface area contributed by atoms with Gasteiger partial charge in [0.1, 0.15) is 22.3 Å². The van der Waals surface area contributed by atoms with Gasteiger partial charge >= 0.3 is 5.69 Å². The fraction of sp³-hybridized carbons (Fsp3) is 0.433. The van der Waals surface area contributed by atoms with Gasteiger partial charge in [-0.1, -0.05) is 18.5 Å². The minimum Gasteiger partial charge on any atom is -0.345 e. The third kappa shape index (κ3) is 5.71. The number of pyridine rings is 2. The second-order valence-corrected chi connectivity index (χ2v) is 11.7. The highest BCUT2D eigenvalue weighted by Crippen LogP contribution is 2.35. The molecule has 1 N–H and O–H groups in total. The molecule has 1 aliphatic carbocycles. The van der Waals surface area contributed by atoms with Crippen molar-refractivity contribution < 1.29 is 9.59 Å². The minimum absolute atomic E-state index is 0.0411. The molecule has 6 rings (SSSR count). The van der Waals surface area contributed by atoms with Crippen LogP contribution < -0.4 is 16.1 Å². The number of likely N-dealkylation sites (tertiary alicyclic amines) is 1. The Morgan fingerprint density at radius 2 is 1.91 bits per heavy atom. The molecular weight excluding hydrogens is 572 g/mol. The zero-order valence-corrected chi connectivity index (χ0v) is 24.9. The predicted molar refractivity (Wildman–Crippen MR) is 162 cm³/mol. The molecule has 1 saturated carbocycles. The summed E-state index contributed by atoms with van der Waals surface area (Å²) < 4.78 is 2.91. The van der Waals surface area contributed by atoms with Crippen molar-refractivity contribution in [2.45, 2.75) is 58.0 Å². The van der Waals surface area contributed by atoms with E-state index < -0.39 is 0 Å². The number of amides is 2. The number of rotatable bonds is 9. The average Bonchev–Trinajstić information content (AvgIpc) is 3.74. The molecule has 4 aromatic rings. The smallest absolute Gasteiger partial charge is 0.332 e. The van der Waals surface area contributed by atoms with E-state index in [4.69, 9.17) is 11.6 Å². The topological polar surface area (TPSA) is 139 Å². The lowest BCUT2D eigenvalue weighted by atomic mass is 9.94. The summed E-state index contributed by atoms with van der Waals surface area (Å²) in [6, 6.07) is 6.77. The van der Waals surface area contributed by atoms with E-state index >= 15 is 0 Å². The Morgan fingerprint density at radius 1 is 1.09 bits per heavy atom. The first kappa shape index (κ1) is 28.8. The van der Waals surface area contributed by atoms with Crippen molar-refractivity contribution in [3.63, 3.8) is 0 Å². The number of aromatic nitrogens is 6. The lowest BCUT2D eigenvalue weighted by Crippen LogP contribution is -2.39. The maximum Gasteiger partial charge on any atom is 0.332 e. The first-order valence-electron chi connectivity index (χ1n) is 14.6. The molecule has 1 aliphatic heterocycles. The van der Waals surface area contributed by atoms with Gasteiger partial charge in [0.05, 0.1) is 5.56 Å². The van der Waals surface area contributed by atoms with Gasteiger partial charge in [0.2, 0.25) is 5.91 Å². The second kappa shape index (κ2) is 11.8. The molecular formula is C30H33ClN8O4. The first-order valence-corrected chi connectivity index (χ1v) is 15.0. The fourth-order valence-electron chi connectivity index (χ4n) is 5.66. The highest BCUT2D eigenvalue weighted by atomic mass is 35.5. The number of anilines is 1. The number of aromatic amines is 1. The molecule has 224 valence electrons. The third-order valence-corrected chi connectivity index (χ3v) is 8.39. The van der Waals surface area contributed by atoms with Crippen LogP contribution in [0.15, 0.2) is 46.2 Å². The molecule has 0 radical (unpaired) electrons. The van der Waals surface area contributed by atoms with Gasteiger partial charge in [0, 0.05) is 57.1 Å². The molecule has 12 nitrogen and oxygen atoms in total. The fourth-order valence-corrected chi connectivity index (χ4v) is 5.77. The number of hydrogen-bond donors (Lipinski definition) is 1. The van der Waals surface area contributed by atoms with Gasteiger partial charge in [-0.3, -0.25) is 28.4 Å². The van der Waals surface area contributed by atoms with Crippen LogP contribution >= 0.6 is 11.6 Å². The summed E-state index contributed by atoms with van der Waals surface area (Å²) in [4.78, 5) is 71.7. The highest BCUT2D eigenvalue weighted by Gasteiger charge is 2.30. The van der Waals surface area contributed by atoms with Crippen LogP contribution in [0.2, 0.25) is 5.15 Å². The standard InChI is InChI=1S/C30H33ClN8O4/c1-3-13-38-29(42)25-27(39(30(38)43)21-7-8-21)35-26(34-25)19-6-10-23(33-15-19)37(28(41)20-5-9-22(31)32-16-20)14-12-18-4-11-24(40)36(2)17-18/h5-6,9-10,15-16,18,21H,3-4,7-8,11-14,17H2,1-2H3,(H,34,35). The molecule has 5 heterocycles. The molecule has 2 amide bonds. The van der Waals surface area contributed by atoms with Gasteiger partial charge in [-0.2, -0.15) is 0 Å². The Bertz CT molecular complexity index is 1790. The summed E-state index contributed by atoms with van der Waals surface area (Å²) in [6.45, 7) is 3.31. The largest absolute Gasteiger partial charge is 0.345 e. The summed E-state index contributed by atoms with van der Waals surface area (Å²) in [5.74, 6) is 0.997. The molecule has 2 fully saturated rings. The van der Waals surface area contributed by atoms with Crippen LogP contribution in [-0.4, -0.2) is 65.9 Å². The van der Waals surface area contributed by atoms with Gasteiger partial charge in [-0.05, 0) is 62.3 Å². The van der Waals surface area contributed by atoms with Crippen molar-refractivity contribution in [3.8, 4) is 11.4 Å². The first-order chi connectivity index (χ1) is 20.7. The van der Waals surface area contributed by atoms with Crippen molar-refractivity contribution in [2.75, 3.05) is 25.0 Å². The minimum atomic E-state index is -0.384. The number of halogens is 1. The van der Waals surface area contributed by atoms with Gasteiger partial charge in [0.25, 0.3) is 11.5 Å². The molecule has 4 aromatic heterocycles. The lowest BCUT2D eigenvalue weighted by Gasteiger charge is -2.31. The van der Waals surface area contributed by atoms with Crippen LogP contribution in [0, 0.1) is 5.92 Å². The van der Waals surface area contributed by atoms with Crippen LogP contribution in [0.3, 0.4) is 0 Å². The number of carbonyl (C=O) groups is 2. The van der Waals surface area contributed by atoms with Crippen LogP contribution in [0.5, 0.6) is 0 Å². The molecule has 13 heteroatoms. The van der Waals surface area contributed by atoms with Gasteiger partial charge in [-0.25, -0.2) is 19.7 Å². The molecule has 43 heavy (non-hydrogen) atoms. The predicted octanol–water partition coefficient (Wildman–Crippen LogP) is 3.65. The second-order valence-electron chi connectivity index (χ2n) is 11.3. The van der Waals surface area contributed by atoms with Crippen molar-refractivity contribution >= 4 is 40.4 Å². The Morgan fingerprint density at radius 3 is 2.56 bits per heavy atom. The quantitative estimate of drug-likeness (QED) is 0.288. The zero-order valence-electron chi connectivity index (χ0n) is 24.1. The van der Waals surface area contributed by atoms with Gasteiger partial charge < -0.3 is 9.88 Å². The molecule has 1 saturated heterocycles. The van der Waals surface area contributed by atoms with Gasteiger partial charge in [-0.15, -0.1) is 0 Å². The molecule has 0 bridgehead atoms. The SMILES string of the molecule is CCCn1c(=O)c2[nH]c(-c3ccc(N(CCC4CCC(=O)N(C)C4)C(=O)c4ccc(Cl)nc4)nc3)nc2n(C2CC2)c1=O. The number of H-pyrrole nitrogens is 1. The van der Waals surface area contributed by atoms with E-state index in [1.807, 2.05) is 6.92 Å². The van der Waals surface area contributed by atoms with Crippen molar-refractivity contribution in [1.82, 2.24) is 34.0 Å². The Balaban J connectivity index is 1.31. The maximum atomic E-state index is 13.6. The number of piperidine rings is 1. The van der Waals surface area contributed by atoms with Crippen molar-refractivity contribution in [2.24, 2.45) is 5.92 Å². The number of nitrogens with zero attached hydrogens (tertiary/aromatic N) is 7. The molecule has 2 aliphatic rings. The maximum absolute atomic E-state index is 13.6. The number of hydrogen-bond acceptors (Lipinski definition) is 7. The van der Waals surface area contributed by atoms with Crippen molar-refractivity contribution in [3.05, 3.63) is 68.2 Å².